The highest BCUT2D eigenvalue weighted by molar-refractivity contribution is 7.99. The Balaban J connectivity index is 1.84. The number of hydrogen-bond donors (Lipinski definition) is 1. The lowest BCUT2D eigenvalue weighted by atomic mass is 10.0. The van der Waals surface area contributed by atoms with Gasteiger partial charge in [-0.1, -0.05) is 6.92 Å². The van der Waals surface area contributed by atoms with Crippen LogP contribution in [0.4, 0.5) is 4.79 Å². The van der Waals surface area contributed by atoms with Crippen LogP contribution >= 0.6 is 23.1 Å². The summed E-state index contributed by atoms with van der Waals surface area (Å²) in [6.45, 7) is 3.99. The van der Waals surface area contributed by atoms with Crippen LogP contribution in [-0.4, -0.2) is 57.5 Å². The molecule has 0 radical (unpaired) electrons. The summed E-state index contributed by atoms with van der Waals surface area (Å²) in [6, 6.07) is 0.871. The van der Waals surface area contributed by atoms with E-state index in [0.717, 1.165) is 22.6 Å². The van der Waals surface area contributed by atoms with Gasteiger partial charge in [0.1, 0.15) is 0 Å². The molecular weight excluding hydrogens is 308 g/mol. The minimum atomic E-state index is -0.942. The van der Waals surface area contributed by atoms with Crippen molar-refractivity contribution >= 4 is 35.1 Å². The van der Waals surface area contributed by atoms with Gasteiger partial charge in [-0.3, -0.25) is 0 Å². The van der Waals surface area contributed by atoms with Gasteiger partial charge in [0.25, 0.3) is 0 Å². The number of carboxylic acid groups (broad SMARTS) is 1. The number of amides is 2. The highest BCUT2D eigenvalue weighted by atomic mass is 32.2. The second kappa shape index (κ2) is 5.88. The van der Waals surface area contributed by atoms with Gasteiger partial charge in [0.15, 0.2) is 6.04 Å². The number of carbonyl (C=O) groups excluding carboxylic acids is 1. The van der Waals surface area contributed by atoms with Gasteiger partial charge in [-0.2, -0.15) is 11.8 Å². The summed E-state index contributed by atoms with van der Waals surface area (Å²) < 4.78 is 0. The average Bonchev–Trinajstić information content (AvgIpc) is 2.93. The van der Waals surface area contributed by atoms with E-state index in [1.54, 1.807) is 16.2 Å². The molecule has 1 fully saturated rings. The van der Waals surface area contributed by atoms with Crippen LogP contribution in [0.2, 0.25) is 0 Å². The van der Waals surface area contributed by atoms with Gasteiger partial charge in [0.2, 0.25) is 0 Å². The zero-order valence-corrected chi connectivity index (χ0v) is 13.5. The van der Waals surface area contributed by atoms with Gasteiger partial charge in [0.05, 0.1) is 0 Å². The molecule has 2 unspecified atom stereocenters. The topological polar surface area (TPSA) is 60.9 Å². The standard InChI is InChI=1S/C14H18N2O3S2/c1-9-8-15(5-7-20-9)14(19)16-4-2-11-10(3-6-21-11)12(16)13(17)18/h3,6,9,12H,2,4-5,7-8H2,1H3,(H,17,18). The molecule has 7 heteroatoms. The fraction of sp³-hybridized carbons (Fsp3) is 0.571. The van der Waals surface area contributed by atoms with Crippen LogP contribution < -0.4 is 0 Å². The molecule has 0 aromatic carbocycles. The van der Waals surface area contributed by atoms with Gasteiger partial charge < -0.3 is 14.9 Å². The number of thioether (sulfide) groups is 1. The van der Waals surface area contributed by atoms with E-state index < -0.39 is 12.0 Å². The maximum Gasteiger partial charge on any atom is 0.331 e. The van der Waals surface area contributed by atoms with Crippen LogP contribution in [0.3, 0.4) is 0 Å². The highest BCUT2D eigenvalue weighted by Crippen LogP contribution is 2.34. The summed E-state index contributed by atoms with van der Waals surface area (Å²) >= 11 is 3.43. The molecular formula is C14H18N2O3S2. The van der Waals surface area contributed by atoms with Crippen molar-refractivity contribution in [1.82, 2.24) is 9.80 Å². The van der Waals surface area contributed by atoms with E-state index in [4.69, 9.17) is 0 Å². The minimum absolute atomic E-state index is 0.133. The molecule has 2 atom stereocenters. The summed E-state index contributed by atoms with van der Waals surface area (Å²) in [5.74, 6) is -0.0236. The Morgan fingerprint density at radius 1 is 1.38 bits per heavy atom. The van der Waals surface area contributed by atoms with Crippen LogP contribution in [-0.2, 0) is 11.2 Å². The number of hydrogen-bond acceptors (Lipinski definition) is 4. The highest BCUT2D eigenvalue weighted by Gasteiger charge is 2.39. The molecule has 21 heavy (non-hydrogen) atoms. The fourth-order valence-corrected chi connectivity index (χ4v) is 4.88. The molecule has 1 N–H and O–H groups in total. The van der Waals surface area contributed by atoms with Gasteiger partial charge in [0, 0.05) is 35.5 Å². The quantitative estimate of drug-likeness (QED) is 0.860. The molecule has 0 saturated carbocycles. The van der Waals surface area contributed by atoms with Crippen LogP contribution in [0.5, 0.6) is 0 Å². The number of thiophene rings is 1. The van der Waals surface area contributed by atoms with E-state index in [9.17, 15) is 14.7 Å². The SMILES string of the molecule is CC1CN(C(=O)N2CCc3sccc3C2C(=O)O)CCS1. The van der Waals surface area contributed by atoms with Gasteiger partial charge >= 0.3 is 12.0 Å². The lowest BCUT2D eigenvalue weighted by molar-refractivity contribution is -0.143. The summed E-state index contributed by atoms with van der Waals surface area (Å²) in [7, 11) is 0. The Kier molecular flexibility index (Phi) is 4.12. The number of carboxylic acids is 1. The number of aliphatic carboxylic acids is 1. The van der Waals surface area contributed by atoms with E-state index in [-0.39, 0.29) is 6.03 Å². The van der Waals surface area contributed by atoms with Gasteiger partial charge in [-0.05, 0) is 23.4 Å². The van der Waals surface area contributed by atoms with E-state index in [2.05, 4.69) is 6.92 Å². The van der Waals surface area contributed by atoms with Gasteiger partial charge in [-0.15, -0.1) is 11.3 Å². The second-order valence-electron chi connectivity index (χ2n) is 5.39. The molecule has 2 amide bonds. The Morgan fingerprint density at radius 2 is 2.19 bits per heavy atom. The van der Waals surface area contributed by atoms with Crippen molar-refractivity contribution in [3.63, 3.8) is 0 Å². The molecule has 5 nitrogen and oxygen atoms in total. The van der Waals surface area contributed by atoms with Crippen LogP contribution in [0.25, 0.3) is 0 Å². The average molecular weight is 326 g/mol. The Hall–Kier alpha value is -1.21. The largest absolute Gasteiger partial charge is 0.479 e. The summed E-state index contributed by atoms with van der Waals surface area (Å²) in [5.41, 5.74) is 0.784. The Bertz CT molecular complexity index is 560. The third kappa shape index (κ3) is 2.76. The van der Waals surface area contributed by atoms with Crippen molar-refractivity contribution in [1.29, 1.82) is 0 Å². The van der Waals surface area contributed by atoms with Crippen molar-refractivity contribution < 1.29 is 14.7 Å². The molecule has 2 aliphatic heterocycles. The first kappa shape index (κ1) is 14.7. The third-order valence-corrected chi connectivity index (χ3v) is 6.09. The normalized spacial score (nSPS) is 25.6. The fourth-order valence-electron chi connectivity index (χ4n) is 2.96. The van der Waals surface area contributed by atoms with E-state index in [1.807, 2.05) is 23.2 Å². The first-order valence-corrected chi connectivity index (χ1v) is 8.97. The molecule has 0 bridgehead atoms. The van der Waals surface area contributed by atoms with Crippen molar-refractivity contribution in [2.75, 3.05) is 25.4 Å². The number of nitrogens with zero attached hydrogens (tertiary/aromatic N) is 2. The summed E-state index contributed by atoms with van der Waals surface area (Å²) in [4.78, 5) is 28.8. The minimum Gasteiger partial charge on any atom is -0.479 e. The molecule has 1 saturated heterocycles. The van der Waals surface area contributed by atoms with Crippen LogP contribution in [0.15, 0.2) is 11.4 Å². The molecule has 3 rings (SSSR count). The van der Waals surface area contributed by atoms with Crippen molar-refractivity contribution in [2.24, 2.45) is 0 Å². The summed E-state index contributed by atoms with van der Waals surface area (Å²) in [6.07, 6.45) is 0.751. The molecule has 2 aliphatic rings. The molecule has 3 heterocycles. The lowest BCUT2D eigenvalue weighted by Crippen LogP contribution is -2.52. The number of urea groups is 1. The Morgan fingerprint density at radius 3 is 2.90 bits per heavy atom. The zero-order chi connectivity index (χ0) is 15.0. The number of carbonyl (C=O) groups is 2. The maximum absolute atomic E-state index is 12.7. The van der Waals surface area contributed by atoms with Crippen LogP contribution in [0, 0.1) is 0 Å². The van der Waals surface area contributed by atoms with E-state index >= 15 is 0 Å². The number of rotatable bonds is 1. The molecule has 0 aliphatic carbocycles. The van der Waals surface area contributed by atoms with Crippen molar-refractivity contribution in [3.8, 4) is 0 Å². The van der Waals surface area contributed by atoms with E-state index in [1.165, 1.54) is 4.90 Å². The zero-order valence-electron chi connectivity index (χ0n) is 11.8. The Labute approximate surface area is 131 Å². The van der Waals surface area contributed by atoms with E-state index in [0.29, 0.717) is 24.9 Å². The van der Waals surface area contributed by atoms with Crippen molar-refractivity contribution in [2.45, 2.75) is 24.6 Å². The maximum atomic E-state index is 12.7. The number of fused-ring (bicyclic) bond motifs is 1. The lowest BCUT2D eigenvalue weighted by Gasteiger charge is -2.39. The first-order chi connectivity index (χ1) is 10.1. The monoisotopic (exact) mass is 326 g/mol. The third-order valence-electron chi connectivity index (χ3n) is 3.96. The predicted molar refractivity (Wildman–Crippen MR) is 84.0 cm³/mol. The smallest absolute Gasteiger partial charge is 0.331 e. The molecule has 0 spiro atoms. The first-order valence-electron chi connectivity index (χ1n) is 7.04. The molecule has 1 aromatic rings. The van der Waals surface area contributed by atoms with Crippen LogP contribution in [0.1, 0.15) is 23.4 Å². The summed E-state index contributed by atoms with van der Waals surface area (Å²) in [5, 5.41) is 11.9. The van der Waals surface area contributed by atoms with Crippen molar-refractivity contribution in [3.05, 3.63) is 21.9 Å². The predicted octanol–water partition coefficient (Wildman–Crippen LogP) is 2.29. The molecule has 1 aromatic heterocycles. The second-order valence-corrected chi connectivity index (χ2v) is 7.94. The molecule has 114 valence electrons. The van der Waals surface area contributed by atoms with Gasteiger partial charge in [-0.25, -0.2) is 9.59 Å².